The maximum absolute atomic E-state index is 13.4. The van der Waals surface area contributed by atoms with E-state index in [4.69, 9.17) is 92.2 Å². The monoisotopic (exact) mass is 1930 g/mol. The molecule has 0 atom stereocenters. The molecular formula is C65H75BrCl2Cs2F2K2N4O23Sn. The summed E-state index contributed by atoms with van der Waals surface area (Å²) in [4.78, 5) is 52.2. The number of carbonyl (C=O) groups is 2. The van der Waals surface area contributed by atoms with E-state index in [0.717, 1.165) is 58.4 Å². The average Bonchev–Trinajstić information content (AvgIpc) is 0.867. The molecule has 27 nitrogen and oxygen atoms in total. The standard InChI is InChI=1S/C16H17NO5.C16H19NO3.C13H10FNO3.C7H7Br.C6H4FNO3.C3H8O2.C2H6O.2CH2O3.2ClH.2Cs.2K.Sn.2H/c1-20-9-10-21-15-8-7-14(17(18)19)11-16(15)22-12-13-5-3-2-4-6-13;1-18-9-10-19-15-8-7-14(17)11-16(15)20-12-13-5-3-2-4-6-13;14-12-7-6-11(15(16)17)8-13(12)18-9-10-4-2-1-3-5-10;8-6-7-4-2-1-3-5-7;7-5-2-1-4(8(10)11)3-6(5)9;1-5-3-2-4;1-2-3;2*2-1-4-3;;;;;;;;;/h2-8,11H,9-10,12H2,1H3;2-8,11H,9-10,12,17H2,1H3;1-8H,9H2;1-5H,6H2;1-3,9H;4H,2-3H2,1H3;3H,2H2,1H3;2*1,3H;2*1H;;;;;;;/q;;;;;;;;;;;4*+1;+2;2*-1/p-4. The fraction of sp³-hybridized carbons (Fsp3) is 0.231. The fourth-order valence-corrected chi connectivity index (χ4v) is 6.64. The number of nitro benzene ring substituents is 3. The predicted octanol–water partition coefficient (Wildman–Crippen LogP) is -0.862. The van der Waals surface area contributed by atoms with Crippen molar-refractivity contribution < 1.29 is 350 Å². The fourth-order valence-electron chi connectivity index (χ4n) is 6.26. The van der Waals surface area contributed by atoms with Crippen LogP contribution in [0.25, 0.3) is 0 Å². The van der Waals surface area contributed by atoms with Crippen LogP contribution in [0.4, 0.5) is 31.5 Å². The first kappa shape index (κ1) is 111. The maximum Gasteiger partial charge on any atom is 1.00 e. The molecule has 0 spiro atoms. The minimum Gasteiger partial charge on any atom is -1.00 e. The third-order valence-electron chi connectivity index (χ3n) is 10.5. The van der Waals surface area contributed by atoms with Gasteiger partial charge in [0.2, 0.25) is 0 Å². The number of hydrogen-bond donors (Lipinski definition) is 4. The summed E-state index contributed by atoms with van der Waals surface area (Å²) >= 11 is 2.53. The number of anilines is 1. The van der Waals surface area contributed by atoms with Crippen molar-refractivity contribution in [1.82, 2.24) is 0 Å². The molecule has 0 unspecified atom stereocenters. The van der Waals surface area contributed by atoms with Crippen molar-refractivity contribution in [2.45, 2.75) is 32.1 Å². The van der Waals surface area contributed by atoms with Gasteiger partial charge in [-0.05, 0) is 59.5 Å². The molecule has 0 heterocycles. The van der Waals surface area contributed by atoms with Gasteiger partial charge in [-0.1, -0.05) is 137 Å². The normalized spacial score (nSPS) is 8.91. The molecule has 37 heteroatoms. The Morgan fingerprint density at radius 3 is 1.10 bits per heavy atom. The Balaban J connectivity index is -0.000000175. The number of alkyl halides is 1. The van der Waals surface area contributed by atoms with Crippen molar-refractivity contribution in [3.05, 3.63) is 258 Å². The van der Waals surface area contributed by atoms with Gasteiger partial charge in [0.25, 0.3) is 30.0 Å². The minimum atomic E-state index is -0.865. The number of rotatable bonds is 25. The summed E-state index contributed by atoms with van der Waals surface area (Å²) in [7, 11) is 14.6. The number of phenols is 1. The third kappa shape index (κ3) is 59.3. The number of aliphatic hydroxyl groups excluding tert-OH is 2. The Morgan fingerprint density at radius 1 is 0.490 bits per heavy atom. The number of benzene rings is 8. The largest absolute Gasteiger partial charge is 1.00 e. The van der Waals surface area contributed by atoms with Crippen LogP contribution in [0.5, 0.6) is 34.5 Å². The number of halogens is 5. The number of carbonyl (C=O) groups excluding carboxylic acids is 2. The number of nitrogens with zero attached hydrogens (tertiary/aromatic N) is 3. The van der Waals surface area contributed by atoms with Crippen LogP contribution in [-0.4, -0.2) is 130 Å². The summed E-state index contributed by atoms with van der Waals surface area (Å²) in [6.07, 6.45) is 0. The maximum atomic E-state index is 13.4. The summed E-state index contributed by atoms with van der Waals surface area (Å²) in [5.41, 5.74) is 10.1. The molecule has 0 saturated carbocycles. The number of phenolic OH excluding ortho intramolecular Hbond substituents is 1. The zero-order chi connectivity index (χ0) is 73.6. The van der Waals surface area contributed by atoms with Crippen molar-refractivity contribution in [3.63, 3.8) is 0 Å². The molecule has 8 aromatic rings. The Labute approximate surface area is 821 Å². The van der Waals surface area contributed by atoms with Gasteiger partial charge >= 0.3 is 277 Å². The van der Waals surface area contributed by atoms with E-state index in [0.29, 0.717) is 74.9 Å². The van der Waals surface area contributed by atoms with E-state index in [9.17, 15) is 39.1 Å². The number of nitrogens with two attached hydrogens (primary N) is 1. The zero-order valence-electron chi connectivity index (χ0n) is 59.2. The molecule has 8 rings (SSSR count). The van der Waals surface area contributed by atoms with Crippen LogP contribution >= 0.6 is 33.8 Å². The van der Waals surface area contributed by atoms with Crippen LogP contribution in [0.1, 0.15) is 32.0 Å². The number of aliphatic hydroxyl groups is 2. The molecule has 0 amide bonds. The first-order chi connectivity index (χ1) is 47.3. The molecule has 8 aromatic carbocycles. The Hall–Kier alpha value is -1.68. The van der Waals surface area contributed by atoms with Gasteiger partial charge in [0.05, 0.1) is 59.4 Å². The molecular weight excluding hydrogens is 1860 g/mol. The molecule has 2 radical (unpaired) electrons. The number of methoxy groups -OCH3 is 3. The van der Waals surface area contributed by atoms with Crippen molar-refractivity contribution in [3.8, 4) is 34.5 Å². The second-order valence-corrected chi connectivity index (χ2v) is 22.3. The summed E-state index contributed by atoms with van der Waals surface area (Å²) in [5, 5.41) is 73.5. The van der Waals surface area contributed by atoms with Crippen molar-refractivity contribution in [1.29, 1.82) is 0 Å². The third-order valence-corrected chi connectivity index (χ3v) is 11.2. The summed E-state index contributed by atoms with van der Waals surface area (Å²) < 4.78 is 67.8. The molecule has 5 N–H and O–H groups in total. The zero-order valence-corrected chi connectivity index (χ0v) is 82.0. The number of nitrogen functional groups attached to an aromatic ring is 1. The van der Waals surface area contributed by atoms with E-state index < -0.39 is 51.0 Å². The van der Waals surface area contributed by atoms with Crippen LogP contribution in [-0.2, 0) is 58.7 Å². The van der Waals surface area contributed by atoms with Crippen molar-refractivity contribution in [2.24, 2.45) is 0 Å². The summed E-state index contributed by atoms with van der Waals surface area (Å²) in [6, 6.07) is 54.4. The molecule has 0 aliphatic rings. The minimum absolute atomic E-state index is 0. The average molecular weight is 1930 g/mol. The van der Waals surface area contributed by atoms with Gasteiger partial charge in [-0.25, -0.2) is 8.78 Å². The second kappa shape index (κ2) is 77.5. The predicted molar refractivity (Wildman–Crippen MR) is 364 cm³/mol. The van der Waals surface area contributed by atoms with Crippen LogP contribution in [0.3, 0.4) is 0 Å². The van der Waals surface area contributed by atoms with Crippen LogP contribution in [0.2, 0.25) is 0 Å². The molecule has 0 aliphatic heterocycles. The first-order valence-electron chi connectivity index (χ1n) is 28.0. The molecule has 0 aromatic heterocycles. The molecule has 0 bridgehead atoms. The van der Waals surface area contributed by atoms with Gasteiger partial charge in [0.15, 0.2) is 46.1 Å². The van der Waals surface area contributed by atoms with Gasteiger partial charge in [0, 0.05) is 63.2 Å². The van der Waals surface area contributed by atoms with E-state index >= 15 is 0 Å². The summed E-state index contributed by atoms with van der Waals surface area (Å²) in [6.45, 7) is 4.86. The quantitative estimate of drug-likeness (QED) is 0.00790. The Morgan fingerprint density at radius 2 is 0.794 bits per heavy atom. The molecule has 536 valence electrons. The van der Waals surface area contributed by atoms with E-state index in [1.807, 2.05) is 115 Å². The van der Waals surface area contributed by atoms with Gasteiger partial charge in [-0.3, -0.25) is 39.9 Å². The van der Waals surface area contributed by atoms with Gasteiger partial charge in [-0.2, -0.15) is 0 Å². The van der Waals surface area contributed by atoms with Crippen molar-refractivity contribution >= 4 is 88.4 Å². The Kier molecular flexibility index (Phi) is 84.5. The van der Waals surface area contributed by atoms with Crippen LogP contribution in [0, 0.1) is 42.0 Å². The van der Waals surface area contributed by atoms with Crippen LogP contribution < -0.4 is 280 Å². The first-order valence-corrected chi connectivity index (χ1v) is 36.3. The number of non-ortho nitro benzene ring substituents is 3. The molecule has 0 aliphatic carbocycles. The van der Waals surface area contributed by atoms with Gasteiger partial charge in [-0.15, -0.1) is 0 Å². The number of hydrogen-bond acceptors (Lipinski definition) is 24. The molecule has 0 fully saturated rings. The number of nitro groups is 3. The van der Waals surface area contributed by atoms with Crippen LogP contribution in [0.15, 0.2) is 194 Å². The smallest absolute Gasteiger partial charge is 1.00 e. The summed E-state index contributed by atoms with van der Waals surface area (Å²) in [5.74, 6) is -0.191. The molecule has 0 saturated heterocycles. The Bertz CT molecular complexity index is 3390. The number of ether oxygens (including phenoxy) is 8. The number of aromatic hydroxyl groups is 1. The second-order valence-electron chi connectivity index (χ2n) is 17.5. The van der Waals surface area contributed by atoms with Gasteiger partial charge < -0.3 is 82.1 Å². The van der Waals surface area contributed by atoms with E-state index in [1.54, 1.807) is 40.4 Å². The van der Waals surface area contributed by atoms with Gasteiger partial charge in [0.1, 0.15) is 33.0 Å². The van der Waals surface area contributed by atoms with Crippen molar-refractivity contribution in [2.75, 3.05) is 73.3 Å². The van der Waals surface area contributed by atoms with E-state index in [1.165, 1.54) is 23.8 Å². The van der Waals surface area contributed by atoms with E-state index in [-0.39, 0.29) is 299 Å². The topological polar surface area (TPSA) is 389 Å². The molecule has 102 heavy (non-hydrogen) atoms. The van der Waals surface area contributed by atoms with E-state index in [2.05, 4.69) is 42.6 Å². The SMILES string of the molecule is BrCc1ccccc1.CCO.COCCO.COCCOc1ccc(N)cc1OCc1ccccc1.COCCOc1ccc([N+](=O)[O-])cc1OCc1ccccc1.O=CO[O-].O=CO[O-].O=[N+]([O-])c1ccc(F)c(O)c1.O=[N+]([O-])c1ccc(F)c(OCc2ccccc2)c1.[Cl][Sn][Cl].[Cs+].[Cs+].[H-].[H-].[K+].[K+].